The van der Waals surface area contributed by atoms with Crippen molar-refractivity contribution >= 4 is 22.7 Å². The molecule has 2 aromatic rings. The van der Waals surface area contributed by atoms with Crippen LogP contribution >= 0.6 is 0 Å². The van der Waals surface area contributed by atoms with Gasteiger partial charge in [-0.1, -0.05) is 32.0 Å². The van der Waals surface area contributed by atoms with Gasteiger partial charge in [-0.2, -0.15) is 0 Å². The van der Waals surface area contributed by atoms with Gasteiger partial charge in [0.05, 0.1) is 12.2 Å². The molecule has 0 spiro atoms. The predicted octanol–water partition coefficient (Wildman–Crippen LogP) is 2.49. The highest BCUT2D eigenvalue weighted by molar-refractivity contribution is 5.90. The Kier molecular flexibility index (Phi) is 5.85. The average Bonchev–Trinajstić information content (AvgIpc) is 3.02. The van der Waals surface area contributed by atoms with Gasteiger partial charge in [0.25, 0.3) is 0 Å². The molecule has 0 radical (unpaired) electrons. The maximum Gasteiger partial charge on any atom is 0.245 e. The molecule has 146 valence electrons. The summed E-state index contributed by atoms with van der Waals surface area (Å²) in [5, 5.41) is 4.04. The molecule has 1 aliphatic rings. The molecule has 2 N–H and O–H groups in total. The predicted molar refractivity (Wildman–Crippen MR) is 105 cm³/mol. The molecule has 1 aliphatic heterocycles. The monoisotopic (exact) mass is 371 g/mol. The highest BCUT2D eigenvalue weighted by Gasteiger charge is 2.32. The molecule has 1 fully saturated rings. The van der Waals surface area contributed by atoms with Crippen LogP contribution < -0.4 is 5.32 Å². The number of para-hydroxylation sites is 1. The standard InChI is InChI=1S/C21H29N3O3/c1-13(2)20(25)23-19(21(26)24-11-14(3)27-15(4)12-24)9-16-10-22-18-8-6-5-7-17(16)18/h5-8,10,13-15,19,22H,9,11-12H2,1-4H3,(H,23,25)/t14-,15-,19+/m1/s1. The van der Waals surface area contributed by atoms with Gasteiger partial charge in [-0.25, -0.2) is 0 Å². The fraction of sp³-hybridized carbons (Fsp3) is 0.524. The Balaban J connectivity index is 1.84. The van der Waals surface area contributed by atoms with Gasteiger partial charge in [-0.3, -0.25) is 9.59 Å². The largest absolute Gasteiger partial charge is 0.372 e. The summed E-state index contributed by atoms with van der Waals surface area (Å²) >= 11 is 0. The van der Waals surface area contributed by atoms with E-state index in [2.05, 4.69) is 10.3 Å². The number of morpholine rings is 1. The molecule has 6 nitrogen and oxygen atoms in total. The summed E-state index contributed by atoms with van der Waals surface area (Å²) in [5.41, 5.74) is 2.06. The fourth-order valence-electron chi connectivity index (χ4n) is 3.64. The van der Waals surface area contributed by atoms with Gasteiger partial charge in [0, 0.05) is 42.5 Å². The van der Waals surface area contributed by atoms with Crippen molar-refractivity contribution in [3.63, 3.8) is 0 Å². The van der Waals surface area contributed by atoms with E-state index in [4.69, 9.17) is 4.74 Å². The lowest BCUT2D eigenvalue weighted by atomic mass is 10.0. The molecular weight excluding hydrogens is 342 g/mol. The third-order valence-corrected chi connectivity index (χ3v) is 4.97. The number of ether oxygens (including phenoxy) is 1. The number of carbonyl (C=O) groups excluding carboxylic acids is 2. The zero-order chi connectivity index (χ0) is 19.6. The van der Waals surface area contributed by atoms with E-state index in [1.165, 1.54) is 0 Å². The van der Waals surface area contributed by atoms with Gasteiger partial charge in [0.1, 0.15) is 6.04 Å². The molecule has 6 heteroatoms. The molecule has 0 saturated carbocycles. The molecule has 3 rings (SSSR count). The van der Waals surface area contributed by atoms with Crippen molar-refractivity contribution in [1.82, 2.24) is 15.2 Å². The van der Waals surface area contributed by atoms with Crippen molar-refractivity contribution in [2.75, 3.05) is 13.1 Å². The highest BCUT2D eigenvalue weighted by atomic mass is 16.5. The van der Waals surface area contributed by atoms with E-state index in [9.17, 15) is 9.59 Å². The average molecular weight is 371 g/mol. The first-order valence-electron chi connectivity index (χ1n) is 9.64. The number of nitrogens with zero attached hydrogens (tertiary/aromatic N) is 1. The van der Waals surface area contributed by atoms with Gasteiger partial charge in [-0.15, -0.1) is 0 Å². The molecule has 2 amide bonds. The molecule has 0 bridgehead atoms. The summed E-state index contributed by atoms with van der Waals surface area (Å²) in [7, 11) is 0. The number of hydrogen-bond acceptors (Lipinski definition) is 3. The number of hydrogen-bond donors (Lipinski definition) is 2. The Morgan fingerprint density at radius 2 is 1.89 bits per heavy atom. The topological polar surface area (TPSA) is 74.4 Å². The quantitative estimate of drug-likeness (QED) is 0.848. The van der Waals surface area contributed by atoms with Crippen LogP contribution in [0.1, 0.15) is 33.3 Å². The number of amides is 2. The third kappa shape index (κ3) is 4.50. The maximum absolute atomic E-state index is 13.3. The van der Waals surface area contributed by atoms with E-state index >= 15 is 0 Å². The first-order chi connectivity index (χ1) is 12.8. The maximum atomic E-state index is 13.3. The number of aromatic amines is 1. The Hall–Kier alpha value is -2.34. The number of aromatic nitrogens is 1. The van der Waals surface area contributed by atoms with Gasteiger partial charge in [0.15, 0.2) is 0 Å². The van der Waals surface area contributed by atoms with Crippen LogP contribution in [0.25, 0.3) is 10.9 Å². The van der Waals surface area contributed by atoms with Gasteiger partial charge in [0.2, 0.25) is 11.8 Å². The number of nitrogens with one attached hydrogen (secondary N) is 2. The summed E-state index contributed by atoms with van der Waals surface area (Å²) in [4.78, 5) is 30.7. The molecule has 1 saturated heterocycles. The minimum absolute atomic E-state index is 0.00719. The van der Waals surface area contributed by atoms with Crippen LogP contribution in [-0.2, 0) is 20.7 Å². The van der Waals surface area contributed by atoms with Crippen molar-refractivity contribution in [2.24, 2.45) is 5.92 Å². The van der Waals surface area contributed by atoms with Crippen LogP contribution in [-0.4, -0.2) is 53.0 Å². The molecule has 1 aromatic carbocycles. The smallest absolute Gasteiger partial charge is 0.245 e. The second kappa shape index (κ2) is 8.13. The minimum Gasteiger partial charge on any atom is -0.372 e. The van der Waals surface area contributed by atoms with E-state index in [1.54, 1.807) is 0 Å². The lowest BCUT2D eigenvalue weighted by molar-refractivity contribution is -0.147. The molecule has 27 heavy (non-hydrogen) atoms. The number of fused-ring (bicyclic) bond motifs is 1. The number of benzene rings is 1. The van der Waals surface area contributed by atoms with Crippen molar-refractivity contribution in [1.29, 1.82) is 0 Å². The Labute approximate surface area is 160 Å². The summed E-state index contributed by atoms with van der Waals surface area (Å²) in [6.45, 7) is 8.70. The second-order valence-corrected chi connectivity index (χ2v) is 7.78. The van der Waals surface area contributed by atoms with Crippen molar-refractivity contribution < 1.29 is 14.3 Å². The van der Waals surface area contributed by atoms with E-state index in [0.717, 1.165) is 16.5 Å². The summed E-state index contributed by atoms with van der Waals surface area (Å²) in [6.07, 6.45) is 2.37. The molecule has 0 aliphatic carbocycles. The number of rotatable bonds is 5. The molecule has 1 aromatic heterocycles. The third-order valence-electron chi connectivity index (χ3n) is 4.97. The number of carbonyl (C=O) groups is 2. The first kappa shape index (κ1) is 19.4. The van der Waals surface area contributed by atoms with E-state index in [-0.39, 0.29) is 29.9 Å². The van der Waals surface area contributed by atoms with Crippen LogP contribution in [0.3, 0.4) is 0 Å². The van der Waals surface area contributed by atoms with E-state index in [1.807, 2.05) is 63.1 Å². The van der Waals surface area contributed by atoms with E-state index in [0.29, 0.717) is 19.5 Å². The van der Waals surface area contributed by atoms with Crippen LogP contribution in [0.4, 0.5) is 0 Å². The number of H-pyrrole nitrogens is 1. The molecule has 3 atom stereocenters. The lowest BCUT2D eigenvalue weighted by Crippen LogP contribution is -2.56. The normalized spacial score (nSPS) is 21.4. The van der Waals surface area contributed by atoms with Crippen LogP contribution in [0.5, 0.6) is 0 Å². The molecule has 2 heterocycles. The Bertz CT molecular complexity index is 804. The molecule has 0 unspecified atom stereocenters. The second-order valence-electron chi connectivity index (χ2n) is 7.78. The SMILES string of the molecule is CC(C)C(=O)N[C@@H](Cc1c[nH]c2ccccc12)C(=O)N1C[C@@H](C)O[C@H](C)C1. The van der Waals surface area contributed by atoms with Crippen molar-refractivity contribution in [3.05, 3.63) is 36.0 Å². The highest BCUT2D eigenvalue weighted by Crippen LogP contribution is 2.21. The molecular formula is C21H29N3O3. The summed E-state index contributed by atoms with van der Waals surface area (Å²) in [5.74, 6) is -0.329. The van der Waals surface area contributed by atoms with Crippen molar-refractivity contribution in [2.45, 2.75) is 52.4 Å². The van der Waals surface area contributed by atoms with Crippen LogP contribution in [0.2, 0.25) is 0 Å². The van der Waals surface area contributed by atoms with Gasteiger partial charge >= 0.3 is 0 Å². The van der Waals surface area contributed by atoms with E-state index < -0.39 is 6.04 Å². The Morgan fingerprint density at radius 3 is 2.56 bits per heavy atom. The van der Waals surface area contributed by atoms with Crippen LogP contribution in [0, 0.1) is 5.92 Å². The Morgan fingerprint density at radius 1 is 1.22 bits per heavy atom. The summed E-state index contributed by atoms with van der Waals surface area (Å²) in [6, 6.07) is 7.41. The van der Waals surface area contributed by atoms with Crippen LogP contribution in [0.15, 0.2) is 30.5 Å². The minimum atomic E-state index is -0.586. The van der Waals surface area contributed by atoms with Gasteiger partial charge in [-0.05, 0) is 25.5 Å². The first-order valence-corrected chi connectivity index (χ1v) is 9.64. The van der Waals surface area contributed by atoms with Gasteiger partial charge < -0.3 is 19.9 Å². The van der Waals surface area contributed by atoms with Crippen molar-refractivity contribution in [3.8, 4) is 0 Å². The summed E-state index contributed by atoms with van der Waals surface area (Å²) < 4.78 is 5.74. The fourth-order valence-corrected chi connectivity index (χ4v) is 3.64. The lowest BCUT2D eigenvalue weighted by Gasteiger charge is -2.37. The zero-order valence-electron chi connectivity index (χ0n) is 16.5. The zero-order valence-corrected chi connectivity index (χ0v) is 16.5.